The Labute approximate surface area is 118 Å². The SMILES string of the molecule is COc1ccc(C(=O)c2cc(Cl)ccc2C)c(C)c1. The van der Waals surface area contributed by atoms with E-state index in [0.29, 0.717) is 16.1 Å². The maximum Gasteiger partial charge on any atom is 0.193 e. The van der Waals surface area contributed by atoms with Crippen molar-refractivity contribution in [2.24, 2.45) is 0 Å². The van der Waals surface area contributed by atoms with Gasteiger partial charge in [-0.1, -0.05) is 17.7 Å². The third-order valence-electron chi connectivity index (χ3n) is 3.12. The summed E-state index contributed by atoms with van der Waals surface area (Å²) in [6.45, 7) is 3.80. The molecule has 0 aliphatic heterocycles. The van der Waals surface area contributed by atoms with Crippen molar-refractivity contribution in [3.05, 3.63) is 63.7 Å². The molecule has 0 amide bonds. The molecule has 2 nitrogen and oxygen atoms in total. The van der Waals surface area contributed by atoms with E-state index >= 15 is 0 Å². The van der Waals surface area contributed by atoms with E-state index in [1.165, 1.54) is 0 Å². The number of carbonyl (C=O) groups is 1. The number of benzene rings is 2. The van der Waals surface area contributed by atoms with Crippen LogP contribution in [0.15, 0.2) is 36.4 Å². The van der Waals surface area contributed by atoms with Crippen LogP contribution in [0.5, 0.6) is 5.75 Å². The molecule has 2 rings (SSSR count). The molecule has 0 saturated carbocycles. The highest BCUT2D eigenvalue weighted by atomic mass is 35.5. The van der Waals surface area contributed by atoms with Crippen molar-refractivity contribution in [2.75, 3.05) is 7.11 Å². The molecule has 0 spiro atoms. The molecular weight excluding hydrogens is 260 g/mol. The molecule has 19 heavy (non-hydrogen) atoms. The zero-order chi connectivity index (χ0) is 14.0. The number of carbonyl (C=O) groups excluding carboxylic acids is 1. The summed E-state index contributed by atoms with van der Waals surface area (Å²) in [7, 11) is 1.61. The Morgan fingerprint density at radius 3 is 2.37 bits per heavy atom. The van der Waals surface area contributed by atoms with Crippen LogP contribution < -0.4 is 4.74 Å². The van der Waals surface area contributed by atoms with Gasteiger partial charge in [-0.3, -0.25) is 4.79 Å². The van der Waals surface area contributed by atoms with Crippen LogP contribution in [0.25, 0.3) is 0 Å². The molecule has 98 valence electrons. The first-order chi connectivity index (χ1) is 9.02. The Bertz CT molecular complexity index is 633. The number of hydrogen-bond donors (Lipinski definition) is 0. The molecule has 0 aliphatic carbocycles. The minimum absolute atomic E-state index is 0.0137. The fraction of sp³-hybridized carbons (Fsp3) is 0.188. The number of aryl methyl sites for hydroxylation is 2. The van der Waals surface area contributed by atoms with E-state index in [-0.39, 0.29) is 5.78 Å². The zero-order valence-electron chi connectivity index (χ0n) is 11.2. The number of methoxy groups -OCH3 is 1. The Morgan fingerprint density at radius 2 is 1.74 bits per heavy atom. The molecule has 0 aliphatic rings. The maximum absolute atomic E-state index is 12.5. The van der Waals surface area contributed by atoms with Crippen molar-refractivity contribution >= 4 is 17.4 Å². The van der Waals surface area contributed by atoms with E-state index in [1.54, 1.807) is 31.4 Å². The van der Waals surface area contributed by atoms with Gasteiger partial charge in [-0.05, 0) is 55.3 Å². The van der Waals surface area contributed by atoms with Gasteiger partial charge in [0.2, 0.25) is 0 Å². The number of rotatable bonds is 3. The van der Waals surface area contributed by atoms with Crippen molar-refractivity contribution in [1.82, 2.24) is 0 Å². The average Bonchev–Trinajstić information content (AvgIpc) is 2.40. The molecule has 0 N–H and O–H groups in total. The molecule has 2 aromatic rings. The second-order valence-corrected chi connectivity index (χ2v) is 4.91. The molecule has 2 aromatic carbocycles. The molecule has 0 saturated heterocycles. The number of ether oxygens (including phenoxy) is 1. The van der Waals surface area contributed by atoms with Crippen molar-refractivity contribution in [1.29, 1.82) is 0 Å². The van der Waals surface area contributed by atoms with Crippen molar-refractivity contribution in [2.45, 2.75) is 13.8 Å². The summed E-state index contributed by atoms with van der Waals surface area (Å²) in [5.41, 5.74) is 3.13. The van der Waals surface area contributed by atoms with Crippen LogP contribution in [-0.4, -0.2) is 12.9 Å². The fourth-order valence-corrected chi connectivity index (χ4v) is 2.17. The normalized spacial score (nSPS) is 10.3. The predicted molar refractivity (Wildman–Crippen MR) is 77.4 cm³/mol. The second-order valence-electron chi connectivity index (χ2n) is 4.47. The van der Waals surface area contributed by atoms with Gasteiger partial charge in [-0.2, -0.15) is 0 Å². The van der Waals surface area contributed by atoms with E-state index in [1.807, 2.05) is 26.0 Å². The highest BCUT2D eigenvalue weighted by molar-refractivity contribution is 6.31. The smallest absolute Gasteiger partial charge is 0.193 e. The molecule has 0 unspecified atom stereocenters. The summed E-state index contributed by atoms with van der Waals surface area (Å²) in [4.78, 5) is 12.5. The van der Waals surface area contributed by atoms with E-state index in [4.69, 9.17) is 16.3 Å². The lowest BCUT2D eigenvalue weighted by Gasteiger charge is -2.09. The van der Waals surface area contributed by atoms with Gasteiger partial charge in [0.25, 0.3) is 0 Å². The third kappa shape index (κ3) is 2.79. The molecule has 0 aromatic heterocycles. The highest BCUT2D eigenvalue weighted by Crippen LogP contribution is 2.23. The van der Waals surface area contributed by atoms with Gasteiger partial charge in [0.15, 0.2) is 5.78 Å². The summed E-state index contributed by atoms with van der Waals surface area (Å²) in [5, 5.41) is 0.570. The lowest BCUT2D eigenvalue weighted by atomic mass is 9.96. The Morgan fingerprint density at radius 1 is 1.00 bits per heavy atom. The molecule has 0 heterocycles. The maximum atomic E-state index is 12.5. The molecule has 0 bridgehead atoms. The molecular formula is C16H15ClO2. The topological polar surface area (TPSA) is 26.3 Å². The van der Waals surface area contributed by atoms with Crippen LogP contribution in [0.4, 0.5) is 0 Å². The Hall–Kier alpha value is -1.80. The second kappa shape index (κ2) is 5.45. The van der Waals surface area contributed by atoms with Crippen LogP contribution >= 0.6 is 11.6 Å². The van der Waals surface area contributed by atoms with Gasteiger partial charge in [0, 0.05) is 16.1 Å². The minimum Gasteiger partial charge on any atom is -0.497 e. The van der Waals surface area contributed by atoms with E-state index < -0.39 is 0 Å². The first-order valence-electron chi connectivity index (χ1n) is 5.98. The van der Waals surface area contributed by atoms with Gasteiger partial charge < -0.3 is 4.74 Å². The average molecular weight is 275 g/mol. The van der Waals surface area contributed by atoms with E-state index in [0.717, 1.165) is 16.9 Å². The molecule has 0 radical (unpaired) electrons. The van der Waals surface area contributed by atoms with Crippen molar-refractivity contribution < 1.29 is 9.53 Å². The predicted octanol–water partition coefficient (Wildman–Crippen LogP) is 4.20. The highest BCUT2D eigenvalue weighted by Gasteiger charge is 2.14. The first kappa shape index (κ1) is 13.6. The third-order valence-corrected chi connectivity index (χ3v) is 3.36. The molecule has 3 heteroatoms. The number of hydrogen-bond acceptors (Lipinski definition) is 2. The zero-order valence-corrected chi connectivity index (χ0v) is 11.9. The van der Waals surface area contributed by atoms with Crippen molar-refractivity contribution in [3.8, 4) is 5.75 Å². The van der Waals surface area contributed by atoms with Gasteiger partial charge in [-0.15, -0.1) is 0 Å². The quantitative estimate of drug-likeness (QED) is 0.784. The Balaban J connectivity index is 2.47. The summed E-state index contributed by atoms with van der Waals surface area (Å²) < 4.78 is 5.15. The van der Waals surface area contributed by atoms with Gasteiger partial charge in [-0.25, -0.2) is 0 Å². The van der Waals surface area contributed by atoms with Gasteiger partial charge in [0.1, 0.15) is 5.75 Å². The number of halogens is 1. The van der Waals surface area contributed by atoms with Crippen molar-refractivity contribution in [3.63, 3.8) is 0 Å². The van der Waals surface area contributed by atoms with Gasteiger partial charge >= 0.3 is 0 Å². The van der Waals surface area contributed by atoms with Crippen LogP contribution in [-0.2, 0) is 0 Å². The van der Waals surface area contributed by atoms with Crippen LogP contribution in [0.2, 0.25) is 5.02 Å². The Kier molecular flexibility index (Phi) is 3.91. The summed E-state index contributed by atoms with van der Waals surface area (Å²) >= 11 is 5.96. The van der Waals surface area contributed by atoms with E-state index in [2.05, 4.69) is 0 Å². The summed E-state index contributed by atoms with van der Waals surface area (Å²) in [6.07, 6.45) is 0. The fourth-order valence-electron chi connectivity index (χ4n) is 2.00. The molecule has 0 atom stereocenters. The molecule has 0 fully saturated rings. The lowest BCUT2D eigenvalue weighted by molar-refractivity contribution is 0.103. The number of ketones is 1. The van der Waals surface area contributed by atoms with Crippen LogP contribution in [0.1, 0.15) is 27.0 Å². The first-order valence-corrected chi connectivity index (χ1v) is 6.36. The minimum atomic E-state index is -0.0137. The summed E-state index contributed by atoms with van der Waals surface area (Å²) in [6, 6.07) is 10.8. The van der Waals surface area contributed by atoms with Gasteiger partial charge in [0.05, 0.1) is 7.11 Å². The van der Waals surface area contributed by atoms with Crippen LogP contribution in [0, 0.1) is 13.8 Å². The van der Waals surface area contributed by atoms with E-state index in [9.17, 15) is 4.79 Å². The lowest BCUT2D eigenvalue weighted by Crippen LogP contribution is -2.06. The monoisotopic (exact) mass is 274 g/mol. The van der Waals surface area contributed by atoms with Crippen LogP contribution in [0.3, 0.4) is 0 Å². The largest absolute Gasteiger partial charge is 0.497 e. The standard InChI is InChI=1S/C16H15ClO2/c1-10-4-5-12(17)9-15(10)16(18)14-7-6-13(19-3)8-11(14)2/h4-9H,1-3H3. The summed E-state index contributed by atoms with van der Waals surface area (Å²) in [5.74, 6) is 0.733.